The molecule has 0 radical (unpaired) electrons. The van der Waals surface area contributed by atoms with Crippen molar-refractivity contribution in [2.45, 2.75) is 19.8 Å². The molecule has 3 heteroatoms. The molecule has 3 nitrogen and oxygen atoms in total. The third-order valence-electron chi connectivity index (χ3n) is 1.88. The normalized spacial score (nSPS) is 18.1. The topological polar surface area (TPSA) is 43.1 Å². The third kappa shape index (κ3) is 1.67. The molecule has 0 aliphatic heterocycles. The number of rotatable bonds is 3. The van der Waals surface area contributed by atoms with E-state index in [0.29, 0.717) is 5.92 Å². The molecule has 0 atom stereocenters. The Morgan fingerprint density at radius 2 is 2.27 bits per heavy atom. The average Bonchev–Trinajstić information content (AvgIpc) is 2.72. The first kappa shape index (κ1) is 7.98. The van der Waals surface area contributed by atoms with Crippen molar-refractivity contribution in [2.24, 2.45) is 5.92 Å². The number of allylic oxidation sites excluding steroid dienone is 2. The van der Waals surface area contributed by atoms with E-state index >= 15 is 0 Å². The zero-order valence-electron chi connectivity index (χ0n) is 6.54. The molecular formula is C8H11NO2. The van der Waals surface area contributed by atoms with Crippen LogP contribution in [0.2, 0.25) is 0 Å². The summed E-state index contributed by atoms with van der Waals surface area (Å²) in [6.45, 7) is 5.24. The van der Waals surface area contributed by atoms with Crippen LogP contribution in [0.1, 0.15) is 19.8 Å². The van der Waals surface area contributed by atoms with Crippen LogP contribution in [-0.2, 0) is 0 Å². The molecular weight excluding hydrogens is 142 g/mol. The quantitative estimate of drug-likeness (QED) is 0.354. The van der Waals surface area contributed by atoms with Crippen LogP contribution >= 0.6 is 0 Å². The second-order valence-corrected chi connectivity index (χ2v) is 2.72. The van der Waals surface area contributed by atoms with Crippen LogP contribution in [0.3, 0.4) is 0 Å². The number of nitrogens with zero attached hydrogens (tertiary/aromatic N) is 1. The summed E-state index contributed by atoms with van der Waals surface area (Å²) in [7, 11) is 0. The van der Waals surface area contributed by atoms with Crippen LogP contribution in [0.4, 0.5) is 0 Å². The van der Waals surface area contributed by atoms with Gasteiger partial charge in [0.05, 0.1) is 4.92 Å². The number of nitro groups is 1. The van der Waals surface area contributed by atoms with Crippen LogP contribution in [0.25, 0.3) is 0 Å². The SMILES string of the molecule is C=C(/C(=C\C)C1CC1)[N+](=O)[O-]. The molecule has 0 unspecified atom stereocenters. The van der Waals surface area contributed by atoms with Gasteiger partial charge in [0.25, 0.3) is 5.70 Å². The third-order valence-corrected chi connectivity index (χ3v) is 1.88. The molecule has 0 heterocycles. The van der Waals surface area contributed by atoms with Crippen LogP contribution in [0, 0.1) is 16.0 Å². The molecule has 1 fully saturated rings. The fraction of sp³-hybridized carbons (Fsp3) is 0.500. The molecule has 1 aliphatic carbocycles. The van der Waals surface area contributed by atoms with Crippen molar-refractivity contribution >= 4 is 0 Å². The van der Waals surface area contributed by atoms with E-state index in [4.69, 9.17) is 0 Å². The van der Waals surface area contributed by atoms with E-state index in [1.807, 2.05) is 6.92 Å². The summed E-state index contributed by atoms with van der Waals surface area (Å²) in [6.07, 6.45) is 3.95. The van der Waals surface area contributed by atoms with Crippen molar-refractivity contribution in [1.82, 2.24) is 0 Å². The smallest absolute Gasteiger partial charge is 0.258 e. The highest BCUT2D eigenvalue weighted by Crippen LogP contribution is 2.39. The second kappa shape index (κ2) is 2.86. The molecule has 0 N–H and O–H groups in total. The Labute approximate surface area is 65.6 Å². The summed E-state index contributed by atoms with van der Waals surface area (Å²) < 4.78 is 0. The van der Waals surface area contributed by atoms with Gasteiger partial charge in [-0.15, -0.1) is 0 Å². The highest BCUT2D eigenvalue weighted by atomic mass is 16.6. The fourth-order valence-electron chi connectivity index (χ4n) is 1.14. The van der Waals surface area contributed by atoms with Gasteiger partial charge in [0, 0.05) is 5.57 Å². The van der Waals surface area contributed by atoms with E-state index in [2.05, 4.69) is 6.58 Å². The maximum absolute atomic E-state index is 10.3. The van der Waals surface area contributed by atoms with Crippen molar-refractivity contribution < 1.29 is 4.92 Å². The predicted molar refractivity (Wildman–Crippen MR) is 42.6 cm³/mol. The fourth-order valence-corrected chi connectivity index (χ4v) is 1.14. The van der Waals surface area contributed by atoms with Gasteiger partial charge in [0.15, 0.2) is 0 Å². The van der Waals surface area contributed by atoms with Crippen LogP contribution in [-0.4, -0.2) is 4.92 Å². The maximum Gasteiger partial charge on any atom is 0.265 e. The zero-order valence-corrected chi connectivity index (χ0v) is 6.54. The van der Waals surface area contributed by atoms with Crippen LogP contribution in [0.15, 0.2) is 23.9 Å². The summed E-state index contributed by atoms with van der Waals surface area (Å²) in [5.74, 6) is 0.415. The lowest BCUT2D eigenvalue weighted by atomic mass is 10.1. The highest BCUT2D eigenvalue weighted by molar-refractivity contribution is 5.27. The van der Waals surface area contributed by atoms with E-state index in [-0.39, 0.29) is 5.70 Å². The van der Waals surface area contributed by atoms with Crippen molar-refractivity contribution in [1.29, 1.82) is 0 Å². The van der Waals surface area contributed by atoms with Gasteiger partial charge in [0.2, 0.25) is 0 Å². The lowest BCUT2D eigenvalue weighted by Gasteiger charge is -1.98. The van der Waals surface area contributed by atoms with E-state index in [0.717, 1.165) is 18.4 Å². The molecule has 0 spiro atoms. The van der Waals surface area contributed by atoms with Gasteiger partial charge in [-0.2, -0.15) is 0 Å². The van der Waals surface area contributed by atoms with E-state index in [1.54, 1.807) is 6.08 Å². The molecule has 0 aromatic carbocycles. The monoisotopic (exact) mass is 153 g/mol. The Kier molecular flexibility index (Phi) is 2.08. The first-order valence-electron chi connectivity index (χ1n) is 3.66. The summed E-state index contributed by atoms with van der Waals surface area (Å²) in [5.41, 5.74) is 0.880. The highest BCUT2D eigenvalue weighted by Gasteiger charge is 2.31. The first-order chi connectivity index (χ1) is 5.16. The molecule has 1 aliphatic rings. The lowest BCUT2D eigenvalue weighted by Crippen LogP contribution is -2.01. The summed E-state index contributed by atoms with van der Waals surface area (Å²) in [6, 6.07) is 0. The van der Waals surface area contributed by atoms with E-state index in [1.165, 1.54) is 0 Å². The largest absolute Gasteiger partial charge is 0.265 e. The van der Waals surface area contributed by atoms with Crippen molar-refractivity contribution in [3.05, 3.63) is 34.0 Å². The molecule has 60 valence electrons. The van der Waals surface area contributed by atoms with Crippen LogP contribution < -0.4 is 0 Å². The van der Waals surface area contributed by atoms with Gasteiger partial charge in [-0.1, -0.05) is 6.08 Å². The Bertz CT molecular complexity index is 226. The Balaban J connectivity index is 2.69. The average molecular weight is 153 g/mol. The standard InChI is InChI=1S/C8H11NO2/c1-3-8(7-4-5-7)6(2)9(10)11/h3,7H,2,4-5H2,1H3/b8-3+. The second-order valence-electron chi connectivity index (χ2n) is 2.72. The maximum atomic E-state index is 10.3. The van der Waals surface area contributed by atoms with Gasteiger partial charge in [0.1, 0.15) is 0 Å². The molecule has 0 amide bonds. The minimum atomic E-state index is -0.409. The lowest BCUT2D eigenvalue weighted by molar-refractivity contribution is -0.420. The molecule has 1 saturated carbocycles. The van der Waals surface area contributed by atoms with Gasteiger partial charge in [-0.25, -0.2) is 0 Å². The van der Waals surface area contributed by atoms with E-state index < -0.39 is 4.92 Å². The van der Waals surface area contributed by atoms with Gasteiger partial charge in [-0.3, -0.25) is 10.1 Å². The number of hydrogen-bond donors (Lipinski definition) is 0. The van der Waals surface area contributed by atoms with Crippen molar-refractivity contribution in [3.63, 3.8) is 0 Å². The Hall–Kier alpha value is -1.12. The number of hydrogen-bond acceptors (Lipinski definition) is 2. The zero-order chi connectivity index (χ0) is 8.43. The Morgan fingerprint density at radius 1 is 1.73 bits per heavy atom. The molecule has 0 saturated heterocycles. The summed E-state index contributed by atoms with van der Waals surface area (Å²) in [4.78, 5) is 9.89. The predicted octanol–water partition coefficient (Wildman–Crippen LogP) is 2.13. The minimum Gasteiger partial charge on any atom is -0.258 e. The Morgan fingerprint density at radius 3 is 2.55 bits per heavy atom. The summed E-state index contributed by atoms with van der Waals surface area (Å²) >= 11 is 0. The van der Waals surface area contributed by atoms with Gasteiger partial charge < -0.3 is 0 Å². The molecule has 0 aromatic rings. The minimum absolute atomic E-state index is 0.0648. The van der Waals surface area contributed by atoms with Gasteiger partial charge >= 0.3 is 0 Å². The van der Waals surface area contributed by atoms with Gasteiger partial charge in [-0.05, 0) is 32.3 Å². The summed E-state index contributed by atoms with van der Waals surface area (Å²) in [5, 5.41) is 10.3. The molecule has 11 heavy (non-hydrogen) atoms. The van der Waals surface area contributed by atoms with Crippen molar-refractivity contribution in [3.8, 4) is 0 Å². The molecule has 0 aromatic heterocycles. The molecule has 0 bridgehead atoms. The first-order valence-corrected chi connectivity index (χ1v) is 3.66. The molecule has 1 rings (SSSR count). The van der Waals surface area contributed by atoms with Crippen LogP contribution in [0.5, 0.6) is 0 Å². The van der Waals surface area contributed by atoms with Crippen molar-refractivity contribution in [2.75, 3.05) is 0 Å². The van der Waals surface area contributed by atoms with E-state index in [9.17, 15) is 10.1 Å².